The first-order valence-electron chi connectivity index (χ1n) is 9.42. The molecular formula is C22H21ClN2O4. The number of benzene rings is 1. The lowest BCUT2D eigenvalue weighted by molar-refractivity contribution is -0.117. The van der Waals surface area contributed by atoms with Crippen molar-refractivity contribution in [3.8, 4) is 17.4 Å². The molecule has 29 heavy (non-hydrogen) atoms. The number of ether oxygens (including phenoxy) is 1. The molecule has 1 fully saturated rings. The Hall–Kier alpha value is -3.04. The fourth-order valence-electron chi connectivity index (χ4n) is 3.33. The van der Waals surface area contributed by atoms with Crippen LogP contribution in [0.15, 0.2) is 40.3 Å². The van der Waals surface area contributed by atoms with E-state index in [1.54, 1.807) is 30.3 Å². The fraction of sp³-hybridized carbons (Fsp3) is 0.318. The van der Waals surface area contributed by atoms with Gasteiger partial charge in [0.1, 0.15) is 23.2 Å². The van der Waals surface area contributed by atoms with E-state index in [-0.39, 0.29) is 28.1 Å². The summed E-state index contributed by atoms with van der Waals surface area (Å²) < 4.78 is 10.4. The standard InChI is InChI=1S/C22H21ClN2O4/c1-28-22(27)18-9-7-14(12-19(18)23)20-10-8-17(29-20)11-15(13-24)21(26)25-16-5-3-2-4-6-16/h7-12,16H,2-6H2,1H3,(H,25,26). The fourth-order valence-corrected chi connectivity index (χ4v) is 3.59. The normalized spacial score (nSPS) is 14.9. The maximum Gasteiger partial charge on any atom is 0.339 e. The maximum absolute atomic E-state index is 12.4. The van der Waals surface area contributed by atoms with Crippen LogP contribution in [0.2, 0.25) is 5.02 Å². The van der Waals surface area contributed by atoms with Crippen molar-refractivity contribution >= 4 is 29.6 Å². The number of nitrogens with zero attached hydrogens (tertiary/aromatic N) is 1. The number of hydrogen-bond donors (Lipinski definition) is 1. The van der Waals surface area contributed by atoms with Gasteiger partial charge in [0.25, 0.3) is 5.91 Å². The van der Waals surface area contributed by atoms with Gasteiger partial charge in [-0.2, -0.15) is 5.26 Å². The summed E-state index contributed by atoms with van der Waals surface area (Å²) >= 11 is 6.15. The number of carbonyl (C=O) groups is 2. The lowest BCUT2D eigenvalue weighted by atomic mass is 9.95. The number of nitriles is 1. The van der Waals surface area contributed by atoms with Crippen LogP contribution in [0, 0.1) is 11.3 Å². The molecule has 0 atom stereocenters. The zero-order valence-electron chi connectivity index (χ0n) is 16.0. The second-order valence-electron chi connectivity index (χ2n) is 6.87. The predicted octanol–water partition coefficient (Wildman–Crippen LogP) is 4.74. The molecule has 1 aromatic carbocycles. The van der Waals surface area contributed by atoms with Crippen LogP contribution in [0.5, 0.6) is 0 Å². The van der Waals surface area contributed by atoms with Gasteiger partial charge in [-0.05, 0) is 37.1 Å². The van der Waals surface area contributed by atoms with Gasteiger partial charge in [-0.3, -0.25) is 4.79 Å². The molecule has 7 heteroatoms. The summed E-state index contributed by atoms with van der Waals surface area (Å²) in [6.07, 6.45) is 6.68. The number of halogens is 1. The number of carbonyl (C=O) groups excluding carboxylic acids is 2. The molecule has 0 unspecified atom stereocenters. The second-order valence-corrected chi connectivity index (χ2v) is 7.27. The van der Waals surface area contributed by atoms with E-state index < -0.39 is 5.97 Å². The van der Waals surface area contributed by atoms with Crippen LogP contribution >= 0.6 is 11.6 Å². The third kappa shape index (κ3) is 5.07. The molecule has 1 aromatic heterocycles. The highest BCUT2D eigenvalue weighted by molar-refractivity contribution is 6.33. The molecule has 1 saturated carbocycles. The van der Waals surface area contributed by atoms with Crippen LogP contribution in [-0.2, 0) is 9.53 Å². The second kappa shape index (κ2) is 9.44. The number of rotatable bonds is 5. The van der Waals surface area contributed by atoms with Crippen LogP contribution < -0.4 is 5.32 Å². The topological polar surface area (TPSA) is 92.3 Å². The highest BCUT2D eigenvalue weighted by Crippen LogP contribution is 2.28. The van der Waals surface area contributed by atoms with Gasteiger partial charge in [-0.15, -0.1) is 0 Å². The third-order valence-electron chi connectivity index (χ3n) is 4.88. The van der Waals surface area contributed by atoms with Crippen molar-refractivity contribution in [2.45, 2.75) is 38.1 Å². The Bertz CT molecular complexity index is 981. The molecule has 1 aliphatic rings. The molecule has 1 heterocycles. The monoisotopic (exact) mass is 412 g/mol. The first-order valence-corrected chi connectivity index (χ1v) is 9.80. The van der Waals surface area contributed by atoms with Crippen LogP contribution in [0.1, 0.15) is 48.2 Å². The van der Waals surface area contributed by atoms with E-state index in [9.17, 15) is 14.9 Å². The SMILES string of the molecule is COC(=O)c1ccc(-c2ccc(C=C(C#N)C(=O)NC3CCCCC3)o2)cc1Cl. The van der Waals surface area contributed by atoms with Gasteiger partial charge in [0.2, 0.25) is 0 Å². The first kappa shape index (κ1) is 20.7. The van der Waals surface area contributed by atoms with Crippen LogP contribution in [0.25, 0.3) is 17.4 Å². The van der Waals surface area contributed by atoms with Gasteiger partial charge in [0.15, 0.2) is 0 Å². The smallest absolute Gasteiger partial charge is 0.339 e. The van der Waals surface area contributed by atoms with Crippen molar-refractivity contribution < 1.29 is 18.7 Å². The Labute approximate surface area is 174 Å². The number of nitrogens with one attached hydrogen (secondary N) is 1. The summed E-state index contributed by atoms with van der Waals surface area (Å²) in [5.41, 5.74) is 0.916. The lowest BCUT2D eigenvalue weighted by Gasteiger charge is -2.22. The highest BCUT2D eigenvalue weighted by Gasteiger charge is 2.19. The van der Waals surface area contributed by atoms with Crippen molar-refractivity contribution in [3.05, 3.63) is 52.3 Å². The van der Waals surface area contributed by atoms with E-state index in [2.05, 4.69) is 10.1 Å². The number of amides is 1. The summed E-state index contributed by atoms with van der Waals surface area (Å²) in [5, 5.41) is 12.5. The van der Waals surface area contributed by atoms with Gasteiger partial charge in [0.05, 0.1) is 17.7 Å². The number of methoxy groups -OCH3 is 1. The molecule has 0 bridgehead atoms. The Morgan fingerprint density at radius 3 is 2.66 bits per heavy atom. The number of esters is 1. The molecule has 1 aliphatic carbocycles. The predicted molar refractivity (Wildman–Crippen MR) is 109 cm³/mol. The summed E-state index contributed by atoms with van der Waals surface area (Å²) in [6, 6.07) is 10.3. The molecular weight excluding hydrogens is 392 g/mol. The van der Waals surface area contributed by atoms with Gasteiger partial charge >= 0.3 is 5.97 Å². The lowest BCUT2D eigenvalue weighted by Crippen LogP contribution is -2.36. The number of furan rings is 1. The third-order valence-corrected chi connectivity index (χ3v) is 5.19. The molecule has 0 aliphatic heterocycles. The Morgan fingerprint density at radius 1 is 1.24 bits per heavy atom. The van der Waals surface area contributed by atoms with Crippen molar-refractivity contribution in [2.75, 3.05) is 7.11 Å². The zero-order chi connectivity index (χ0) is 20.8. The van der Waals surface area contributed by atoms with E-state index in [1.165, 1.54) is 19.6 Å². The largest absolute Gasteiger partial charge is 0.465 e. The molecule has 1 amide bonds. The maximum atomic E-state index is 12.4. The molecule has 1 N–H and O–H groups in total. The summed E-state index contributed by atoms with van der Waals surface area (Å²) in [7, 11) is 1.29. The minimum absolute atomic E-state index is 0.00412. The molecule has 0 radical (unpaired) electrons. The molecule has 3 rings (SSSR count). The van der Waals surface area contributed by atoms with E-state index in [4.69, 9.17) is 16.0 Å². The van der Waals surface area contributed by atoms with Gasteiger partial charge in [-0.1, -0.05) is 36.9 Å². The van der Waals surface area contributed by atoms with Crippen molar-refractivity contribution in [3.63, 3.8) is 0 Å². The van der Waals surface area contributed by atoms with Crippen molar-refractivity contribution in [2.24, 2.45) is 0 Å². The van der Waals surface area contributed by atoms with E-state index in [0.29, 0.717) is 17.1 Å². The van der Waals surface area contributed by atoms with Gasteiger partial charge in [0, 0.05) is 17.7 Å². The van der Waals surface area contributed by atoms with Gasteiger partial charge < -0.3 is 14.5 Å². The molecule has 0 saturated heterocycles. The Balaban J connectivity index is 1.76. The highest BCUT2D eigenvalue weighted by atomic mass is 35.5. The van der Waals surface area contributed by atoms with E-state index in [1.807, 2.05) is 6.07 Å². The molecule has 6 nitrogen and oxygen atoms in total. The van der Waals surface area contributed by atoms with Gasteiger partial charge in [-0.25, -0.2) is 4.79 Å². The summed E-state index contributed by atoms with van der Waals surface area (Å²) in [4.78, 5) is 24.0. The van der Waals surface area contributed by atoms with E-state index >= 15 is 0 Å². The van der Waals surface area contributed by atoms with Crippen LogP contribution in [-0.4, -0.2) is 25.0 Å². The van der Waals surface area contributed by atoms with Crippen molar-refractivity contribution in [1.82, 2.24) is 5.32 Å². The average Bonchev–Trinajstić information content (AvgIpc) is 3.20. The first-order chi connectivity index (χ1) is 14.0. The minimum Gasteiger partial charge on any atom is -0.465 e. The van der Waals surface area contributed by atoms with Crippen molar-refractivity contribution in [1.29, 1.82) is 5.26 Å². The summed E-state index contributed by atoms with van der Waals surface area (Å²) in [6.45, 7) is 0. The Kier molecular flexibility index (Phi) is 6.73. The average molecular weight is 413 g/mol. The Morgan fingerprint density at radius 2 is 2.00 bits per heavy atom. The van der Waals surface area contributed by atoms with Crippen LogP contribution in [0.3, 0.4) is 0 Å². The molecule has 2 aromatic rings. The quantitative estimate of drug-likeness (QED) is 0.435. The summed E-state index contributed by atoms with van der Waals surface area (Å²) in [5.74, 6) is -0.0295. The molecule has 0 spiro atoms. The molecule has 150 valence electrons. The zero-order valence-corrected chi connectivity index (χ0v) is 16.8. The van der Waals surface area contributed by atoms with Crippen LogP contribution in [0.4, 0.5) is 0 Å². The van der Waals surface area contributed by atoms with E-state index in [0.717, 1.165) is 25.7 Å². The number of hydrogen-bond acceptors (Lipinski definition) is 5. The minimum atomic E-state index is -0.521.